The van der Waals surface area contributed by atoms with Crippen molar-refractivity contribution in [2.24, 2.45) is 11.7 Å². The molecule has 1 heterocycles. The number of fused-ring (bicyclic) bond motifs is 1. The molecule has 2 heteroatoms. The highest BCUT2D eigenvalue weighted by Crippen LogP contribution is 2.44. The Balaban J connectivity index is 1.87. The molecule has 0 spiro atoms. The zero-order chi connectivity index (χ0) is 10.7. The molecule has 1 aliphatic heterocycles. The van der Waals surface area contributed by atoms with Crippen molar-refractivity contribution in [2.45, 2.75) is 74.8 Å². The Hall–Kier alpha value is 0.310. The summed E-state index contributed by atoms with van der Waals surface area (Å²) >= 11 is 2.24. The van der Waals surface area contributed by atoms with E-state index in [0.717, 1.165) is 16.4 Å². The van der Waals surface area contributed by atoms with Crippen LogP contribution in [0.4, 0.5) is 0 Å². The summed E-state index contributed by atoms with van der Waals surface area (Å²) in [7, 11) is 0. The molecule has 0 aromatic carbocycles. The molecule has 0 aromatic heterocycles. The lowest BCUT2D eigenvalue weighted by Gasteiger charge is -2.42. The molecule has 0 amide bonds. The van der Waals surface area contributed by atoms with Crippen molar-refractivity contribution in [3.05, 3.63) is 0 Å². The van der Waals surface area contributed by atoms with Gasteiger partial charge in [-0.1, -0.05) is 32.6 Å². The van der Waals surface area contributed by atoms with Crippen molar-refractivity contribution in [1.29, 1.82) is 0 Å². The summed E-state index contributed by atoms with van der Waals surface area (Å²) in [5, 5.41) is 1.73. The van der Waals surface area contributed by atoms with Crippen LogP contribution in [0, 0.1) is 5.92 Å². The molecule has 4 unspecified atom stereocenters. The van der Waals surface area contributed by atoms with Gasteiger partial charge in [-0.3, -0.25) is 0 Å². The summed E-state index contributed by atoms with van der Waals surface area (Å²) in [6.45, 7) is 2.28. The Labute approximate surface area is 98.6 Å². The first-order valence-electron chi connectivity index (χ1n) is 6.72. The summed E-state index contributed by atoms with van der Waals surface area (Å²) in [6.07, 6.45) is 11.2. The van der Waals surface area contributed by atoms with E-state index < -0.39 is 0 Å². The van der Waals surface area contributed by atoms with E-state index in [1.165, 1.54) is 51.4 Å². The Bertz CT molecular complexity index is 195. The van der Waals surface area contributed by atoms with Crippen LogP contribution in [0.5, 0.6) is 0 Å². The van der Waals surface area contributed by atoms with Crippen LogP contribution in [0.1, 0.15) is 58.3 Å². The molecular formula is C13H25NS. The highest BCUT2D eigenvalue weighted by molar-refractivity contribution is 8.00. The van der Waals surface area contributed by atoms with Gasteiger partial charge < -0.3 is 5.73 Å². The normalized spacial score (nSPS) is 41.2. The zero-order valence-corrected chi connectivity index (χ0v) is 10.8. The van der Waals surface area contributed by atoms with Gasteiger partial charge in [0, 0.05) is 16.5 Å². The second kappa shape index (κ2) is 5.58. The molecule has 1 aliphatic carbocycles. The Morgan fingerprint density at radius 3 is 2.87 bits per heavy atom. The standard InChI is InChI=1S/C13H25NS/c1-2-3-7-13-11(14)9-10-6-4-5-8-12(10)15-13/h10-13H,2-9,14H2,1H3. The van der Waals surface area contributed by atoms with Gasteiger partial charge in [-0.25, -0.2) is 0 Å². The second-order valence-corrected chi connectivity index (χ2v) is 6.78. The molecule has 2 aliphatic rings. The van der Waals surface area contributed by atoms with Crippen LogP contribution >= 0.6 is 11.8 Å². The minimum absolute atomic E-state index is 0.487. The van der Waals surface area contributed by atoms with Crippen LogP contribution in [0.25, 0.3) is 0 Å². The summed E-state index contributed by atoms with van der Waals surface area (Å²) in [5.41, 5.74) is 6.31. The molecule has 2 N–H and O–H groups in total. The first-order valence-corrected chi connectivity index (χ1v) is 7.66. The van der Waals surface area contributed by atoms with E-state index in [0.29, 0.717) is 6.04 Å². The molecule has 15 heavy (non-hydrogen) atoms. The predicted molar refractivity (Wildman–Crippen MR) is 69.2 cm³/mol. The van der Waals surface area contributed by atoms with Crippen LogP contribution in [0.2, 0.25) is 0 Å². The third-order valence-electron chi connectivity index (χ3n) is 4.08. The van der Waals surface area contributed by atoms with E-state index in [4.69, 9.17) is 5.73 Å². The van der Waals surface area contributed by atoms with E-state index >= 15 is 0 Å². The van der Waals surface area contributed by atoms with Crippen LogP contribution in [-0.4, -0.2) is 16.5 Å². The van der Waals surface area contributed by atoms with Gasteiger partial charge in [0.05, 0.1) is 0 Å². The van der Waals surface area contributed by atoms with Crippen molar-refractivity contribution in [3.63, 3.8) is 0 Å². The van der Waals surface area contributed by atoms with Crippen molar-refractivity contribution in [2.75, 3.05) is 0 Å². The third kappa shape index (κ3) is 2.91. The van der Waals surface area contributed by atoms with Gasteiger partial charge in [-0.2, -0.15) is 11.8 Å². The lowest BCUT2D eigenvalue weighted by atomic mass is 9.83. The van der Waals surface area contributed by atoms with Gasteiger partial charge in [0.2, 0.25) is 0 Å². The van der Waals surface area contributed by atoms with Crippen LogP contribution in [0.3, 0.4) is 0 Å². The maximum absolute atomic E-state index is 6.31. The Morgan fingerprint density at radius 2 is 2.07 bits per heavy atom. The lowest BCUT2D eigenvalue weighted by molar-refractivity contribution is 0.306. The fourth-order valence-electron chi connectivity index (χ4n) is 3.14. The number of thioether (sulfide) groups is 1. The number of rotatable bonds is 3. The molecule has 1 saturated carbocycles. The fraction of sp³-hybridized carbons (Fsp3) is 1.00. The predicted octanol–water partition coefficient (Wildman–Crippen LogP) is 3.57. The highest BCUT2D eigenvalue weighted by atomic mass is 32.2. The largest absolute Gasteiger partial charge is 0.327 e. The number of hydrogen-bond acceptors (Lipinski definition) is 2. The molecule has 88 valence electrons. The summed E-state index contributed by atoms with van der Waals surface area (Å²) in [5.74, 6) is 0.955. The van der Waals surface area contributed by atoms with Crippen molar-refractivity contribution in [3.8, 4) is 0 Å². The molecule has 4 atom stereocenters. The average Bonchev–Trinajstić information content (AvgIpc) is 2.26. The lowest BCUT2D eigenvalue weighted by Crippen LogP contribution is -2.43. The minimum Gasteiger partial charge on any atom is -0.327 e. The molecule has 2 fully saturated rings. The number of nitrogens with two attached hydrogens (primary N) is 1. The molecule has 0 bridgehead atoms. The van der Waals surface area contributed by atoms with Gasteiger partial charge >= 0.3 is 0 Å². The number of unbranched alkanes of at least 4 members (excludes halogenated alkanes) is 1. The van der Waals surface area contributed by atoms with Crippen LogP contribution in [0.15, 0.2) is 0 Å². The van der Waals surface area contributed by atoms with E-state index in [1.54, 1.807) is 0 Å². The molecule has 2 rings (SSSR count). The quantitative estimate of drug-likeness (QED) is 0.797. The van der Waals surface area contributed by atoms with Gasteiger partial charge in [0.15, 0.2) is 0 Å². The zero-order valence-electron chi connectivity index (χ0n) is 9.95. The van der Waals surface area contributed by atoms with Crippen molar-refractivity contribution < 1.29 is 0 Å². The molecule has 1 saturated heterocycles. The smallest absolute Gasteiger partial charge is 0.0201 e. The third-order valence-corrected chi connectivity index (χ3v) is 5.99. The van der Waals surface area contributed by atoms with E-state index in [9.17, 15) is 0 Å². The topological polar surface area (TPSA) is 26.0 Å². The van der Waals surface area contributed by atoms with Crippen LogP contribution < -0.4 is 5.73 Å². The van der Waals surface area contributed by atoms with Crippen molar-refractivity contribution in [1.82, 2.24) is 0 Å². The van der Waals surface area contributed by atoms with E-state index in [2.05, 4.69) is 18.7 Å². The fourth-order valence-corrected chi connectivity index (χ4v) is 4.97. The Morgan fingerprint density at radius 1 is 1.27 bits per heavy atom. The van der Waals surface area contributed by atoms with Gasteiger partial charge in [-0.15, -0.1) is 0 Å². The molecule has 1 nitrogen and oxygen atoms in total. The first-order chi connectivity index (χ1) is 7.31. The van der Waals surface area contributed by atoms with Crippen molar-refractivity contribution >= 4 is 11.8 Å². The van der Waals surface area contributed by atoms with E-state index in [1.807, 2.05) is 0 Å². The number of hydrogen-bond donors (Lipinski definition) is 1. The van der Waals surface area contributed by atoms with E-state index in [-0.39, 0.29) is 0 Å². The highest BCUT2D eigenvalue weighted by Gasteiger charge is 2.36. The summed E-state index contributed by atoms with van der Waals surface area (Å²) in [6, 6.07) is 0.487. The van der Waals surface area contributed by atoms with Gasteiger partial charge in [0.25, 0.3) is 0 Å². The molecule has 0 radical (unpaired) electrons. The summed E-state index contributed by atoms with van der Waals surface area (Å²) < 4.78 is 0. The maximum atomic E-state index is 6.31. The first kappa shape index (κ1) is 11.8. The molecule has 0 aromatic rings. The van der Waals surface area contributed by atoms with Gasteiger partial charge in [0.1, 0.15) is 0 Å². The Kier molecular flexibility index (Phi) is 4.39. The SMILES string of the molecule is CCCCC1SC2CCCCC2CC1N. The molecular weight excluding hydrogens is 202 g/mol. The van der Waals surface area contributed by atoms with Crippen LogP contribution in [-0.2, 0) is 0 Å². The summed E-state index contributed by atoms with van der Waals surface area (Å²) in [4.78, 5) is 0. The minimum atomic E-state index is 0.487. The maximum Gasteiger partial charge on any atom is 0.0201 e. The second-order valence-electron chi connectivity index (χ2n) is 5.30. The average molecular weight is 227 g/mol. The monoisotopic (exact) mass is 227 g/mol. The van der Waals surface area contributed by atoms with Gasteiger partial charge in [-0.05, 0) is 31.6 Å².